The van der Waals surface area contributed by atoms with E-state index in [1.54, 1.807) is 4.90 Å². The van der Waals surface area contributed by atoms with Gasteiger partial charge in [-0.05, 0) is 55.2 Å². The van der Waals surface area contributed by atoms with Crippen LogP contribution in [0.25, 0.3) is 0 Å². The molecule has 30 heavy (non-hydrogen) atoms. The van der Waals surface area contributed by atoms with E-state index in [2.05, 4.69) is 16.7 Å². The first kappa shape index (κ1) is 21.0. The summed E-state index contributed by atoms with van der Waals surface area (Å²) < 4.78 is 0. The van der Waals surface area contributed by atoms with E-state index < -0.39 is 6.04 Å². The molecule has 1 saturated heterocycles. The monoisotopic (exact) mass is 413 g/mol. The van der Waals surface area contributed by atoms with E-state index in [9.17, 15) is 14.4 Å². The van der Waals surface area contributed by atoms with Crippen LogP contribution in [-0.2, 0) is 22.6 Å². The summed E-state index contributed by atoms with van der Waals surface area (Å²) in [5.41, 5.74) is 2.86. The number of carbonyl (C=O) groups is 3. The number of aliphatic hydroxyl groups is 1. The minimum atomic E-state index is -0.563. The zero-order valence-corrected chi connectivity index (χ0v) is 17.4. The molecule has 1 aromatic rings. The van der Waals surface area contributed by atoms with Crippen molar-refractivity contribution >= 4 is 17.7 Å². The normalized spacial score (nSPS) is 26.6. The summed E-state index contributed by atoms with van der Waals surface area (Å²) in [6.45, 7) is 1.25. The Bertz CT molecular complexity index is 825. The predicted octanol–water partition coefficient (Wildman–Crippen LogP) is 1.52. The molecule has 7 heteroatoms. The molecule has 1 unspecified atom stereocenters. The number of nitrogens with zero attached hydrogens (tertiary/aromatic N) is 1. The second-order valence-corrected chi connectivity index (χ2v) is 8.76. The van der Waals surface area contributed by atoms with E-state index in [0.29, 0.717) is 37.0 Å². The number of hydrogen-bond donors (Lipinski definition) is 3. The third kappa shape index (κ3) is 4.42. The number of fused-ring (bicyclic) bond motifs is 1. The molecule has 0 bridgehead atoms. The van der Waals surface area contributed by atoms with Crippen molar-refractivity contribution in [1.82, 2.24) is 15.5 Å². The second-order valence-electron chi connectivity index (χ2n) is 8.76. The van der Waals surface area contributed by atoms with Gasteiger partial charge in [-0.3, -0.25) is 19.7 Å². The molecule has 1 aromatic carbocycles. The van der Waals surface area contributed by atoms with Crippen molar-refractivity contribution in [3.8, 4) is 0 Å². The summed E-state index contributed by atoms with van der Waals surface area (Å²) in [5, 5.41) is 14.9. The van der Waals surface area contributed by atoms with Gasteiger partial charge in [0.05, 0.1) is 6.61 Å². The topological polar surface area (TPSA) is 98.7 Å². The molecule has 0 radical (unpaired) electrons. The largest absolute Gasteiger partial charge is 0.395 e. The summed E-state index contributed by atoms with van der Waals surface area (Å²) in [6.07, 6.45) is 7.61. The molecule has 3 N–H and O–H groups in total. The summed E-state index contributed by atoms with van der Waals surface area (Å²) in [6, 6.07) is 5.94. The van der Waals surface area contributed by atoms with Crippen molar-refractivity contribution in [3.63, 3.8) is 0 Å². The molecule has 3 atom stereocenters. The average molecular weight is 414 g/mol. The molecule has 4 rings (SSSR count). The van der Waals surface area contributed by atoms with Crippen LogP contribution in [0, 0.1) is 5.92 Å². The lowest BCUT2D eigenvalue weighted by Gasteiger charge is -2.32. The molecular weight excluding hydrogens is 382 g/mol. The zero-order valence-electron chi connectivity index (χ0n) is 17.4. The molecule has 0 aromatic heterocycles. The molecule has 1 aliphatic carbocycles. The van der Waals surface area contributed by atoms with E-state index in [0.717, 1.165) is 18.4 Å². The van der Waals surface area contributed by atoms with Gasteiger partial charge in [0.15, 0.2) is 0 Å². The molecule has 7 nitrogen and oxygen atoms in total. The van der Waals surface area contributed by atoms with Crippen molar-refractivity contribution in [2.45, 2.75) is 70.0 Å². The smallest absolute Gasteiger partial charge is 0.255 e. The lowest BCUT2D eigenvalue weighted by Crippen LogP contribution is -2.52. The minimum absolute atomic E-state index is 0.119. The van der Waals surface area contributed by atoms with Crippen LogP contribution in [0.4, 0.5) is 0 Å². The Labute approximate surface area is 177 Å². The highest BCUT2D eigenvalue weighted by Gasteiger charge is 2.39. The van der Waals surface area contributed by atoms with E-state index in [1.165, 1.54) is 31.2 Å². The number of amides is 3. The first-order valence-corrected chi connectivity index (χ1v) is 11.2. The number of aliphatic hydroxyl groups excluding tert-OH is 1. The molecule has 2 fully saturated rings. The molecule has 2 heterocycles. The van der Waals surface area contributed by atoms with E-state index in [4.69, 9.17) is 5.11 Å². The summed E-state index contributed by atoms with van der Waals surface area (Å²) in [7, 11) is 0. The molecule has 162 valence electrons. The van der Waals surface area contributed by atoms with Crippen LogP contribution in [0.5, 0.6) is 0 Å². The fraction of sp³-hybridized carbons (Fsp3) is 0.609. The summed E-state index contributed by atoms with van der Waals surface area (Å²) in [4.78, 5) is 38.0. The Balaban J connectivity index is 1.39. The number of piperidine rings is 1. The molecule has 2 aliphatic heterocycles. The third-order valence-corrected chi connectivity index (χ3v) is 6.82. The van der Waals surface area contributed by atoms with Crippen LogP contribution >= 0.6 is 0 Å². The number of rotatable bonds is 7. The van der Waals surface area contributed by atoms with Crippen LogP contribution in [0.2, 0.25) is 0 Å². The average Bonchev–Trinajstić information content (AvgIpc) is 3.07. The van der Waals surface area contributed by atoms with Gasteiger partial charge in [0.25, 0.3) is 5.91 Å². The fourth-order valence-electron chi connectivity index (χ4n) is 5.21. The number of nitrogens with one attached hydrogen (secondary N) is 2. The Morgan fingerprint density at radius 3 is 2.77 bits per heavy atom. The molecule has 3 aliphatic rings. The van der Waals surface area contributed by atoms with Crippen molar-refractivity contribution in [2.24, 2.45) is 5.92 Å². The van der Waals surface area contributed by atoms with Crippen LogP contribution in [0.3, 0.4) is 0 Å². The lowest BCUT2D eigenvalue weighted by molar-refractivity contribution is -0.136. The maximum absolute atomic E-state index is 12.8. The first-order chi connectivity index (χ1) is 14.6. The second kappa shape index (κ2) is 9.27. The molecule has 1 saturated carbocycles. The molecule has 0 spiro atoms. The van der Waals surface area contributed by atoms with Crippen LogP contribution < -0.4 is 10.6 Å². The fourth-order valence-corrected chi connectivity index (χ4v) is 5.21. The number of hydrogen-bond acceptors (Lipinski definition) is 5. The maximum Gasteiger partial charge on any atom is 0.255 e. The Morgan fingerprint density at radius 2 is 1.97 bits per heavy atom. The van der Waals surface area contributed by atoms with Gasteiger partial charge in [-0.1, -0.05) is 25.0 Å². The van der Waals surface area contributed by atoms with Gasteiger partial charge >= 0.3 is 0 Å². The SMILES string of the molecule is O=C1CCC(N2Cc3cc(CC[C@@H]4CCCC[C@@H]4NCCO)ccc3C2=O)C(=O)N1. The van der Waals surface area contributed by atoms with Crippen LogP contribution in [0.1, 0.15) is 66.4 Å². The predicted molar refractivity (Wildman–Crippen MR) is 112 cm³/mol. The maximum atomic E-state index is 12.8. The van der Waals surface area contributed by atoms with Gasteiger partial charge in [-0.2, -0.15) is 0 Å². The number of imide groups is 1. The first-order valence-electron chi connectivity index (χ1n) is 11.2. The van der Waals surface area contributed by atoms with Gasteiger partial charge < -0.3 is 15.3 Å². The van der Waals surface area contributed by atoms with Gasteiger partial charge in [0.2, 0.25) is 11.8 Å². The lowest BCUT2D eigenvalue weighted by atomic mass is 9.81. The van der Waals surface area contributed by atoms with E-state index in [-0.39, 0.29) is 30.7 Å². The standard InChI is InChI=1S/C23H31N3O4/c27-12-11-24-19-4-2-1-3-16(19)7-5-15-6-8-18-17(13-15)14-26(23(18)30)20-9-10-21(28)25-22(20)29/h6,8,13,16,19-20,24,27H,1-5,7,9-12,14H2,(H,25,28,29)/t16-,19-,20?/m0/s1. The number of aryl methyl sites for hydroxylation is 1. The van der Waals surface area contributed by atoms with Gasteiger partial charge in [0, 0.05) is 31.1 Å². The van der Waals surface area contributed by atoms with Gasteiger partial charge in [0.1, 0.15) is 6.04 Å². The van der Waals surface area contributed by atoms with Crippen LogP contribution in [0.15, 0.2) is 18.2 Å². The number of benzene rings is 1. The van der Waals surface area contributed by atoms with Gasteiger partial charge in [-0.25, -0.2) is 0 Å². The quantitative estimate of drug-likeness (QED) is 0.589. The Morgan fingerprint density at radius 1 is 1.13 bits per heavy atom. The third-order valence-electron chi connectivity index (χ3n) is 6.82. The Hall–Kier alpha value is -2.25. The molecule has 3 amide bonds. The van der Waals surface area contributed by atoms with Crippen molar-refractivity contribution < 1.29 is 19.5 Å². The van der Waals surface area contributed by atoms with E-state index >= 15 is 0 Å². The zero-order chi connectivity index (χ0) is 21.1. The number of carbonyl (C=O) groups excluding carboxylic acids is 3. The summed E-state index contributed by atoms with van der Waals surface area (Å²) in [5.74, 6) is -0.143. The van der Waals surface area contributed by atoms with E-state index in [1.807, 2.05) is 12.1 Å². The minimum Gasteiger partial charge on any atom is -0.395 e. The van der Waals surface area contributed by atoms with Gasteiger partial charge in [-0.15, -0.1) is 0 Å². The van der Waals surface area contributed by atoms with Crippen molar-refractivity contribution in [2.75, 3.05) is 13.2 Å². The van der Waals surface area contributed by atoms with Crippen molar-refractivity contribution in [1.29, 1.82) is 0 Å². The highest BCUT2D eigenvalue weighted by molar-refractivity contribution is 6.05. The highest BCUT2D eigenvalue weighted by atomic mass is 16.3. The summed E-state index contributed by atoms with van der Waals surface area (Å²) >= 11 is 0. The van der Waals surface area contributed by atoms with Crippen LogP contribution in [-0.4, -0.2) is 53.0 Å². The van der Waals surface area contributed by atoms with Crippen molar-refractivity contribution in [3.05, 3.63) is 34.9 Å². The highest BCUT2D eigenvalue weighted by Crippen LogP contribution is 2.31. The Kier molecular flexibility index (Phi) is 6.49. The molecular formula is C23H31N3O4.